The second kappa shape index (κ2) is 8.79. The maximum absolute atomic E-state index is 12.1. The van der Waals surface area contributed by atoms with E-state index in [1.165, 1.54) is 13.2 Å². The van der Waals surface area contributed by atoms with E-state index in [9.17, 15) is 9.59 Å². The van der Waals surface area contributed by atoms with Crippen molar-refractivity contribution in [2.75, 3.05) is 12.4 Å². The minimum atomic E-state index is -1.07. The molecule has 24 heavy (non-hydrogen) atoms. The number of carbonyl (C=O) groups is 2. The first kappa shape index (κ1) is 19.3. The van der Waals surface area contributed by atoms with Gasteiger partial charge in [-0.1, -0.05) is 25.4 Å². The zero-order chi connectivity index (χ0) is 18.3. The fraction of sp³-hybridized carbons (Fsp3) is 0.312. The molecule has 0 radical (unpaired) electrons. The Hall–Kier alpha value is -2.72. The molecule has 0 spiro atoms. The summed E-state index contributed by atoms with van der Waals surface area (Å²) in [4.78, 5) is 23.2. The molecule has 1 aromatic rings. The molecule has 1 amide bonds. The summed E-state index contributed by atoms with van der Waals surface area (Å²) in [7, 11) is 1.47. The lowest BCUT2D eigenvalue weighted by Crippen LogP contribution is -2.38. The Bertz CT molecular complexity index is 695. The summed E-state index contributed by atoms with van der Waals surface area (Å²) in [5.74, 6) is -1.52. The molecule has 0 aromatic heterocycles. The van der Waals surface area contributed by atoms with E-state index in [1.807, 2.05) is 0 Å². The highest BCUT2D eigenvalue weighted by Gasteiger charge is 2.20. The van der Waals surface area contributed by atoms with Gasteiger partial charge in [-0.15, -0.1) is 0 Å². The van der Waals surface area contributed by atoms with E-state index in [4.69, 9.17) is 26.7 Å². The smallest absolute Gasteiger partial charge is 0.326 e. The molecule has 0 heterocycles. The van der Waals surface area contributed by atoms with E-state index in [0.717, 1.165) is 6.20 Å². The van der Waals surface area contributed by atoms with Crippen LogP contribution >= 0.6 is 11.6 Å². The summed E-state index contributed by atoms with van der Waals surface area (Å²) < 4.78 is 5.01. The first-order valence-corrected chi connectivity index (χ1v) is 7.42. The number of aliphatic carboxylic acids is 1. The second-order valence-corrected chi connectivity index (χ2v) is 5.61. The number of nitrogens with one attached hydrogen (secondary N) is 2. The number of hydrogen-bond acceptors (Lipinski definition) is 5. The Balaban J connectivity index is 2.87. The van der Waals surface area contributed by atoms with Gasteiger partial charge < -0.3 is 20.5 Å². The van der Waals surface area contributed by atoms with Gasteiger partial charge in [0.2, 0.25) is 0 Å². The average Bonchev–Trinajstić information content (AvgIpc) is 2.50. The Labute approximate surface area is 144 Å². The molecule has 128 valence electrons. The fourth-order valence-electron chi connectivity index (χ4n) is 1.81. The summed E-state index contributed by atoms with van der Waals surface area (Å²) in [6, 6.07) is 5.45. The van der Waals surface area contributed by atoms with Gasteiger partial charge in [0.25, 0.3) is 5.91 Å². The minimum absolute atomic E-state index is 0.220. The second-order valence-electron chi connectivity index (χ2n) is 5.20. The van der Waals surface area contributed by atoms with Gasteiger partial charge in [-0.05, 0) is 24.1 Å². The maximum Gasteiger partial charge on any atom is 0.326 e. The Kier molecular flexibility index (Phi) is 7.08. The fourth-order valence-corrected chi connectivity index (χ4v) is 2.07. The maximum atomic E-state index is 12.1. The van der Waals surface area contributed by atoms with Crippen LogP contribution in [0.5, 0.6) is 5.75 Å². The first-order chi connectivity index (χ1) is 11.3. The van der Waals surface area contributed by atoms with Gasteiger partial charge in [-0.2, -0.15) is 5.26 Å². The number of rotatable bonds is 7. The zero-order valence-corrected chi connectivity index (χ0v) is 14.2. The minimum Gasteiger partial charge on any atom is -0.495 e. The SMILES string of the molecule is COc1ccc(NC(=O)/C(C#N)=C\NC(C(=O)O)C(C)C)cc1Cl. The van der Waals surface area contributed by atoms with Crippen LogP contribution in [0, 0.1) is 17.2 Å². The standard InChI is InChI=1S/C16H18ClN3O4/c1-9(2)14(16(22)23)19-8-10(7-18)15(21)20-11-4-5-13(24-3)12(17)6-11/h4-6,8-9,14,19H,1-3H3,(H,20,21)(H,22,23)/b10-8-. The van der Waals surface area contributed by atoms with Gasteiger partial charge in [0.1, 0.15) is 23.4 Å². The van der Waals surface area contributed by atoms with Crippen LogP contribution in [-0.4, -0.2) is 30.1 Å². The number of nitriles is 1. The van der Waals surface area contributed by atoms with E-state index in [1.54, 1.807) is 32.0 Å². The summed E-state index contributed by atoms with van der Waals surface area (Å²) in [5, 5.41) is 23.6. The van der Waals surface area contributed by atoms with Crippen molar-refractivity contribution in [2.24, 2.45) is 5.92 Å². The quantitative estimate of drug-likeness (QED) is 0.513. The molecule has 0 bridgehead atoms. The highest BCUT2D eigenvalue weighted by atomic mass is 35.5. The van der Waals surface area contributed by atoms with E-state index in [-0.39, 0.29) is 11.5 Å². The van der Waals surface area contributed by atoms with E-state index in [0.29, 0.717) is 16.5 Å². The number of nitrogens with zero attached hydrogens (tertiary/aromatic N) is 1. The summed E-state index contributed by atoms with van der Waals surface area (Å²) in [6.45, 7) is 3.43. The lowest BCUT2D eigenvalue weighted by molar-refractivity contribution is -0.140. The molecule has 1 unspecified atom stereocenters. The van der Waals surface area contributed by atoms with E-state index in [2.05, 4.69) is 10.6 Å². The topological polar surface area (TPSA) is 111 Å². The number of carboxylic acids is 1. The number of benzene rings is 1. The predicted octanol–water partition coefficient (Wildman–Crippen LogP) is 2.39. The monoisotopic (exact) mass is 351 g/mol. The third-order valence-electron chi connectivity index (χ3n) is 3.11. The normalized spacial score (nSPS) is 12.2. The predicted molar refractivity (Wildman–Crippen MR) is 89.7 cm³/mol. The first-order valence-electron chi connectivity index (χ1n) is 7.04. The Morgan fingerprint density at radius 3 is 2.54 bits per heavy atom. The van der Waals surface area contributed by atoms with Crippen LogP contribution in [0.1, 0.15) is 13.8 Å². The van der Waals surface area contributed by atoms with Gasteiger partial charge in [-0.3, -0.25) is 4.79 Å². The lowest BCUT2D eigenvalue weighted by Gasteiger charge is -2.16. The van der Waals surface area contributed by atoms with E-state index >= 15 is 0 Å². The summed E-state index contributed by atoms with van der Waals surface area (Å²) in [5.41, 5.74) is 0.124. The third kappa shape index (κ3) is 5.18. The number of methoxy groups -OCH3 is 1. The Morgan fingerprint density at radius 2 is 2.08 bits per heavy atom. The van der Waals surface area contributed by atoms with Crippen molar-refractivity contribution < 1.29 is 19.4 Å². The van der Waals surface area contributed by atoms with Crippen LogP contribution in [-0.2, 0) is 9.59 Å². The van der Waals surface area contributed by atoms with Gasteiger partial charge in [-0.25, -0.2) is 4.79 Å². The van der Waals surface area contributed by atoms with Gasteiger partial charge >= 0.3 is 5.97 Å². The van der Waals surface area contributed by atoms with Crippen molar-refractivity contribution in [1.82, 2.24) is 5.32 Å². The van der Waals surface area contributed by atoms with Crippen molar-refractivity contribution in [3.05, 3.63) is 35.0 Å². The number of ether oxygens (including phenoxy) is 1. The van der Waals surface area contributed by atoms with Crippen LogP contribution < -0.4 is 15.4 Å². The van der Waals surface area contributed by atoms with Crippen molar-refractivity contribution in [1.29, 1.82) is 5.26 Å². The molecule has 1 aromatic carbocycles. The number of carbonyl (C=O) groups excluding carboxylic acids is 1. The van der Waals surface area contributed by atoms with Gasteiger partial charge in [0.05, 0.1) is 12.1 Å². The number of amides is 1. The van der Waals surface area contributed by atoms with Crippen LogP contribution in [0.3, 0.4) is 0 Å². The molecule has 1 rings (SSSR count). The molecule has 8 heteroatoms. The van der Waals surface area contributed by atoms with E-state index < -0.39 is 17.9 Å². The molecule has 0 aliphatic rings. The van der Waals surface area contributed by atoms with Crippen LogP contribution in [0.25, 0.3) is 0 Å². The van der Waals surface area contributed by atoms with Crippen LogP contribution in [0.2, 0.25) is 5.02 Å². The molecule has 1 atom stereocenters. The molecule has 0 aliphatic heterocycles. The molecule has 0 fully saturated rings. The molecule has 0 aliphatic carbocycles. The zero-order valence-electron chi connectivity index (χ0n) is 13.5. The number of halogens is 1. The van der Waals surface area contributed by atoms with Crippen molar-refractivity contribution in [3.8, 4) is 11.8 Å². The highest BCUT2D eigenvalue weighted by molar-refractivity contribution is 6.32. The molecular weight excluding hydrogens is 334 g/mol. The lowest BCUT2D eigenvalue weighted by atomic mass is 10.1. The van der Waals surface area contributed by atoms with Crippen molar-refractivity contribution in [2.45, 2.75) is 19.9 Å². The third-order valence-corrected chi connectivity index (χ3v) is 3.41. The molecule has 0 saturated carbocycles. The van der Waals surface area contributed by atoms with Gasteiger partial charge in [0, 0.05) is 11.9 Å². The molecular formula is C16H18ClN3O4. The molecule has 0 saturated heterocycles. The van der Waals surface area contributed by atoms with Crippen LogP contribution in [0.15, 0.2) is 30.0 Å². The van der Waals surface area contributed by atoms with Crippen LogP contribution in [0.4, 0.5) is 5.69 Å². The Morgan fingerprint density at radius 1 is 1.42 bits per heavy atom. The van der Waals surface area contributed by atoms with Gasteiger partial charge in [0.15, 0.2) is 0 Å². The highest BCUT2D eigenvalue weighted by Crippen LogP contribution is 2.27. The summed E-state index contributed by atoms with van der Waals surface area (Å²) in [6.07, 6.45) is 1.10. The summed E-state index contributed by atoms with van der Waals surface area (Å²) >= 11 is 5.97. The molecule has 3 N–H and O–H groups in total. The number of carboxylic acid groups (broad SMARTS) is 1. The number of hydrogen-bond donors (Lipinski definition) is 3. The number of anilines is 1. The largest absolute Gasteiger partial charge is 0.495 e. The average molecular weight is 352 g/mol. The van der Waals surface area contributed by atoms with Crippen molar-refractivity contribution in [3.63, 3.8) is 0 Å². The molecule has 7 nitrogen and oxygen atoms in total. The van der Waals surface area contributed by atoms with Crippen molar-refractivity contribution >= 4 is 29.2 Å².